The molecular formula is C7H17NS. The van der Waals surface area contributed by atoms with Crippen molar-refractivity contribution in [2.24, 2.45) is 17.0 Å². The van der Waals surface area contributed by atoms with Crippen LogP contribution in [0.1, 0.15) is 27.7 Å². The average Bonchev–Trinajstić information content (AvgIpc) is 1.64. The van der Waals surface area contributed by atoms with Crippen molar-refractivity contribution in [1.29, 1.82) is 0 Å². The maximum absolute atomic E-state index is 5.49. The van der Waals surface area contributed by atoms with Gasteiger partial charge in [0.05, 0.1) is 0 Å². The van der Waals surface area contributed by atoms with Crippen molar-refractivity contribution in [3.63, 3.8) is 0 Å². The normalized spacial score (nSPS) is 12.0. The van der Waals surface area contributed by atoms with Gasteiger partial charge in [0.1, 0.15) is 0 Å². The summed E-state index contributed by atoms with van der Waals surface area (Å²) >= 11 is 1.49. The molecule has 0 unspecified atom stereocenters. The number of nitrogens with two attached hydrogens (primary N) is 1. The van der Waals surface area contributed by atoms with Crippen LogP contribution in [0.3, 0.4) is 0 Å². The first-order valence-corrected chi connectivity index (χ1v) is 4.39. The van der Waals surface area contributed by atoms with E-state index < -0.39 is 0 Å². The van der Waals surface area contributed by atoms with E-state index in [1.165, 1.54) is 11.9 Å². The maximum Gasteiger partial charge on any atom is 0.0236 e. The Bertz CT molecular complexity index is 63.3. The standard InChI is InChI=1S/C7H17NS/c1-5(2)7(9-8)6(3)4/h5-7H,8H2,1-4H3. The molecule has 0 aliphatic rings. The van der Waals surface area contributed by atoms with Crippen molar-refractivity contribution in [3.8, 4) is 0 Å². The molecule has 0 aromatic rings. The van der Waals surface area contributed by atoms with Gasteiger partial charge in [-0.3, -0.25) is 5.14 Å². The highest BCUT2D eigenvalue weighted by Crippen LogP contribution is 2.21. The van der Waals surface area contributed by atoms with E-state index in [2.05, 4.69) is 27.7 Å². The molecular weight excluding hydrogens is 130 g/mol. The minimum Gasteiger partial charge on any atom is -0.278 e. The fourth-order valence-electron chi connectivity index (χ4n) is 1.08. The number of rotatable bonds is 3. The monoisotopic (exact) mass is 147 g/mol. The highest BCUT2D eigenvalue weighted by atomic mass is 32.2. The minimum absolute atomic E-state index is 0.616. The largest absolute Gasteiger partial charge is 0.278 e. The zero-order valence-electron chi connectivity index (χ0n) is 6.72. The molecule has 0 aromatic carbocycles. The molecule has 0 rings (SSSR count). The fraction of sp³-hybridized carbons (Fsp3) is 1.00. The van der Waals surface area contributed by atoms with Crippen LogP contribution in [0, 0.1) is 11.8 Å². The average molecular weight is 147 g/mol. The van der Waals surface area contributed by atoms with E-state index in [9.17, 15) is 0 Å². The van der Waals surface area contributed by atoms with Crippen LogP contribution in [0.25, 0.3) is 0 Å². The molecule has 9 heavy (non-hydrogen) atoms. The van der Waals surface area contributed by atoms with Gasteiger partial charge in [-0.15, -0.1) is 0 Å². The first kappa shape index (κ1) is 9.31. The Balaban J connectivity index is 3.68. The molecule has 0 spiro atoms. The van der Waals surface area contributed by atoms with Crippen molar-refractivity contribution in [3.05, 3.63) is 0 Å². The molecule has 0 aliphatic heterocycles. The zero-order chi connectivity index (χ0) is 7.44. The van der Waals surface area contributed by atoms with E-state index in [4.69, 9.17) is 5.14 Å². The smallest absolute Gasteiger partial charge is 0.0236 e. The predicted molar refractivity (Wildman–Crippen MR) is 45.2 cm³/mol. The van der Waals surface area contributed by atoms with Crippen LogP contribution in [0.4, 0.5) is 0 Å². The molecule has 1 nitrogen and oxygen atoms in total. The van der Waals surface area contributed by atoms with Gasteiger partial charge in [0.15, 0.2) is 0 Å². The van der Waals surface area contributed by atoms with Crippen LogP contribution in [0.5, 0.6) is 0 Å². The van der Waals surface area contributed by atoms with Gasteiger partial charge in [-0.1, -0.05) is 39.6 Å². The SMILES string of the molecule is CC(C)C(SN)C(C)C. The fourth-order valence-corrected chi connectivity index (χ4v) is 1.71. The summed E-state index contributed by atoms with van der Waals surface area (Å²) in [5.41, 5.74) is 0. The van der Waals surface area contributed by atoms with Crippen molar-refractivity contribution in [1.82, 2.24) is 0 Å². The molecule has 0 bridgehead atoms. The van der Waals surface area contributed by atoms with Crippen molar-refractivity contribution >= 4 is 11.9 Å². The summed E-state index contributed by atoms with van der Waals surface area (Å²) in [5.74, 6) is 1.39. The van der Waals surface area contributed by atoms with Crippen LogP contribution in [0.15, 0.2) is 0 Å². The van der Waals surface area contributed by atoms with E-state index >= 15 is 0 Å². The molecule has 2 N–H and O–H groups in total. The summed E-state index contributed by atoms with van der Waals surface area (Å²) in [4.78, 5) is 0. The highest BCUT2D eigenvalue weighted by Gasteiger charge is 2.15. The van der Waals surface area contributed by atoms with E-state index in [-0.39, 0.29) is 0 Å². The van der Waals surface area contributed by atoms with Crippen molar-refractivity contribution in [2.75, 3.05) is 0 Å². The van der Waals surface area contributed by atoms with Gasteiger partial charge in [-0.25, -0.2) is 0 Å². The summed E-state index contributed by atoms with van der Waals surface area (Å²) in [6, 6.07) is 0. The Labute approximate surface area is 62.5 Å². The third-order valence-corrected chi connectivity index (χ3v) is 2.87. The summed E-state index contributed by atoms with van der Waals surface area (Å²) < 4.78 is 0. The highest BCUT2D eigenvalue weighted by molar-refractivity contribution is 7.97. The van der Waals surface area contributed by atoms with E-state index in [1.54, 1.807) is 0 Å². The lowest BCUT2D eigenvalue weighted by Gasteiger charge is -2.21. The quantitative estimate of drug-likeness (QED) is 0.620. The topological polar surface area (TPSA) is 26.0 Å². The first-order chi connectivity index (χ1) is 4.09. The van der Waals surface area contributed by atoms with Gasteiger partial charge >= 0.3 is 0 Å². The molecule has 0 heterocycles. The molecule has 2 heteroatoms. The third-order valence-electron chi connectivity index (χ3n) is 1.47. The summed E-state index contributed by atoms with van der Waals surface area (Å²) in [5, 5.41) is 6.11. The van der Waals surface area contributed by atoms with Crippen LogP contribution in [-0.2, 0) is 0 Å². The second kappa shape index (κ2) is 4.18. The molecule has 0 atom stereocenters. The molecule has 56 valence electrons. The molecule has 0 saturated carbocycles. The molecule has 0 saturated heterocycles. The number of hydrogen-bond acceptors (Lipinski definition) is 2. The maximum atomic E-state index is 5.49. The summed E-state index contributed by atoms with van der Waals surface area (Å²) in [6.45, 7) is 8.85. The van der Waals surface area contributed by atoms with Gasteiger partial charge in [-0.2, -0.15) is 0 Å². The number of hydrogen-bond donors (Lipinski definition) is 1. The first-order valence-electron chi connectivity index (χ1n) is 3.45. The second-order valence-electron chi connectivity index (χ2n) is 3.09. The Kier molecular flexibility index (Phi) is 4.32. The lowest BCUT2D eigenvalue weighted by molar-refractivity contribution is 0.487. The Hall–Kier alpha value is 0.310. The van der Waals surface area contributed by atoms with Gasteiger partial charge < -0.3 is 0 Å². The molecule has 0 aliphatic carbocycles. The molecule has 0 radical (unpaired) electrons. The van der Waals surface area contributed by atoms with E-state index in [0.29, 0.717) is 17.1 Å². The van der Waals surface area contributed by atoms with Gasteiger partial charge in [0.25, 0.3) is 0 Å². The van der Waals surface area contributed by atoms with Crippen molar-refractivity contribution < 1.29 is 0 Å². The Morgan fingerprint density at radius 1 is 1.00 bits per heavy atom. The third kappa shape index (κ3) is 3.11. The van der Waals surface area contributed by atoms with Crippen molar-refractivity contribution in [2.45, 2.75) is 32.9 Å². The predicted octanol–water partition coefficient (Wildman–Crippen LogP) is 2.27. The lowest BCUT2D eigenvalue weighted by Crippen LogP contribution is -2.20. The van der Waals surface area contributed by atoms with Crippen LogP contribution < -0.4 is 5.14 Å². The zero-order valence-corrected chi connectivity index (χ0v) is 7.53. The summed E-state index contributed by atoms with van der Waals surface area (Å²) in [7, 11) is 0. The lowest BCUT2D eigenvalue weighted by atomic mass is 10.0. The van der Waals surface area contributed by atoms with Gasteiger partial charge in [-0.05, 0) is 11.8 Å². The van der Waals surface area contributed by atoms with Crippen LogP contribution in [0.2, 0.25) is 0 Å². The molecule has 0 aromatic heterocycles. The summed E-state index contributed by atoms with van der Waals surface area (Å²) in [6.07, 6.45) is 0. The molecule has 0 fully saturated rings. The van der Waals surface area contributed by atoms with Crippen LogP contribution >= 0.6 is 11.9 Å². The van der Waals surface area contributed by atoms with E-state index in [1.807, 2.05) is 0 Å². The molecule has 0 amide bonds. The van der Waals surface area contributed by atoms with Gasteiger partial charge in [0, 0.05) is 5.25 Å². The van der Waals surface area contributed by atoms with Crippen LogP contribution in [-0.4, -0.2) is 5.25 Å². The van der Waals surface area contributed by atoms with Gasteiger partial charge in [0.2, 0.25) is 0 Å². The Morgan fingerprint density at radius 2 is 1.33 bits per heavy atom. The van der Waals surface area contributed by atoms with E-state index in [0.717, 1.165) is 0 Å². The minimum atomic E-state index is 0.616. The Morgan fingerprint density at radius 3 is 1.33 bits per heavy atom. The second-order valence-corrected chi connectivity index (χ2v) is 3.91.